The van der Waals surface area contributed by atoms with Gasteiger partial charge in [0.15, 0.2) is 0 Å². The van der Waals surface area contributed by atoms with Gasteiger partial charge < -0.3 is 5.32 Å². The van der Waals surface area contributed by atoms with Gasteiger partial charge in [-0.15, -0.1) is 0 Å². The van der Waals surface area contributed by atoms with E-state index in [9.17, 15) is 23.3 Å². The van der Waals surface area contributed by atoms with E-state index in [1.54, 1.807) is 54.6 Å². The summed E-state index contributed by atoms with van der Waals surface area (Å²) < 4.78 is 26.8. The van der Waals surface area contributed by atoms with Crippen molar-refractivity contribution < 1.29 is 18.1 Å². The molecule has 160 valence electrons. The van der Waals surface area contributed by atoms with Crippen molar-refractivity contribution in [2.45, 2.75) is 18.2 Å². The van der Waals surface area contributed by atoms with Crippen LogP contribution in [-0.2, 0) is 21.2 Å². The lowest BCUT2D eigenvalue weighted by Gasteiger charge is -2.20. The fourth-order valence-corrected chi connectivity index (χ4v) is 4.11. The van der Waals surface area contributed by atoms with Crippen molar-refractivity contribution in [1.29, 1.82) is 0 Å². The van der Waals surface area contributed by atoms with Crippen LogP contribution >= 0.6 is 0 Å². The van der Waals surface area contributed by atoms with E-state index in [0.29, 0.717) is 16.9 Å². The Labute approximate surface area is 180 Å². The second-order valence-electron chi connectivity index (χ2n) is 6.98. The van der Waals surface area contributed by atoms with Crippen LogP contribution in [0.25, 0.3) is 0 Å². The first-order valence-corrected chi connectivity index (χ1v) is 10.8. The standard InChI is InChI=1S/C22H21N3O5S/c1-16-6-12-21(13-7-16)31(29,30)24(2)19-10-8-17(9-11-19)14-22(26)23-18-4-3-5-20(15-18)25(27)28/h3-13,15H,14H2,1-2H3,(H,23,26). The van der Waals surface area contributed by atoms with Crippen molar-refractivity contribution in [3.05, 3.63) is 94.0 Å². The Morgan fingerprint density at radius 1 is 1.03 bits per heavy atom. The van der Waals surface area contributed by atoms with Crippen LogP contribution in [0.4, 0.5) is 17.1 Å². The quantitative estimate of drug-likeness (QED) is 0.443. The van der Waals surface area contributed by atoms with E-state index in [1.165, 1.54) is 29.6 Å². The SMILES string of the molecule is Cc1ccc(S(=O)(=O)N(C)c2ccc(CC(=O)Nc3cccc([N+](=O)[O-])c3)cc2)cc1. The summed E-state index contributed by atoms with van der Waals surface area (Å²) in [7, 11) is -2.23. The summed E-state index contributed by atoms with van der Waals surface area (Å²) in [5, 5.41) is 13.5. The minimum atomic E-state index is -3.70. The van der Waals surface area contributed by atoms with Gasteiger partial charge in [0.25, 0.3) is 15.7 Å². The summed E-state index contributed by atoms with van der Waals surface area (Å²) in [6.45, 7) is 1.88. The number of nitrogens with one attached hydrogen (secondary N) is 1. The van der Waals surface area contributed by atoms with Gasteiger partial charge in [-0.3, -0.25) is 19.2 Å². The number of hydrogen-bond donors (Lipinski definition) is 1. The summed E-state index contributed by atoms with van der Waals surface area (Å²) in [5.41, 5.74) is 2.32. The molecule has 0 fully saturated rings. The summed E-state index contributed by atoms with van der Waals surface area (Å²) >= 11 is 0. The van der Waals surface area contributed by atoms with E-state index < -0.39 is 14.9 Å². The number of amides is 1. The second kappa shape index (κ2) is 8.97. The van der Waals surface area contributed by atoms with E-state index in [0.717, 1.165) is 5.56 Å². The molecule has 0 heterocycles. The summed E-state index contributed by atoms with van der Waals surface area (Å²) in [5.74, 6) is -0.339. The maximum Gasteiger partial charge on any atom is 0.271 e. The highest BCUT2D eigenvalue weighted by atomic mass is 32.2. The predicted molar refractivity (Wildman–Crippen MR) is 119 cm³/mol. The molecule has 3 aromatic carbocycles. The molecule has 0 aliphatic rings. The molecular weight excluding hydrogens is 418 g/mol. The number of carbonyl (C=O) groups is 1. The van der Waals surface area contributed by atoms with Crippen molar-refractivity contribution in [3.63, 3.8) is 0 Å². The number of rotatable bonds is 7. The van der Waals surface area contributed by atoms with Crippen LogP contribution in [0.2, 0.25) is 0 Å². The summed E-state index contributed by atoms with van der Waals surface area (Å²) in [4.78, 5) is 22.8. The number of hydrogen-bond acceptors (Lipinski definition) is 5. The Morgan fingerprint density at radius 2 is 1.68 bits per heavy atom. The molecule has 1 N–H and O–H groups in total. The van der Waals surface area contributed by atoms with Crippen LogP contribution in [0.15, 0.2) is 77.7 Å². The van der Waals surface area contributed by atoms with Crippen LogP contribution < -0.4 is 9.62 Å². The first-order chi connectivity index (χ1) is 14.7. The second-order valence-corrected chi connectivity index (χ2v) is 8.95. The smallest absolute Gasteiger partial charge is 0.271 e. The predicted octanol–water partition coefficient (Wildman–Crippen LogP) is 3.91. The first kappa shape index (κ1) is 22.0. The highest BCUT2D eigenvalue weighted by molar-refractivity contribution is 7.92. The van der Waals surface area contributed by atoms with Gasteiger partial charge >= 0.3 is 0 Å². The molecule has 0 aliphatic carbocycles. The van der Waals surface area contributed by atoms with Crippen LogP contribution in [0.5, 0.6) is 0 Å². The molecular formula is C22H21N3O5S. The third kappa shape index (κ3) is 5.26. The Morgan fingerprint density at radius 3 is 2.29 bits per heavy atom. The Balaban J connectivity index is 1.68. The Kier molecular flexibility index (Phi) is 6.36. The van der Waals surface area contributed by atoms with E-state index in [-0.39, 0.29) is 22.9 Å². The first-order valence-electron chi connectivity index (χ1n) is 9.35. The van der Waals surface area contributed by atoms with Gasteiger partial charge in [-0.25, -0.2) is 8.42 Å². The molecule has 0 aromatic heterocycles. The maximum atomic E-state index is 12.8. The molecule has 31 heavy (non-hydrogen) atoms. The third-order valence-electron chi connectivity index (χ3n) is 4.68. The fourth-order valence-electron chi connectivity index (χ4n) is 2.92. The van der Waals surface area contributed by atoms with Gasteiger partial charge in [0, 0.05) is 24.9 Å². The zero-order valence-electron chi connectivity index (χ0n) is 17.0. The number of benzene rings is 3. The minimum Gasteiger partial charge on any atom is -0.326 e. The lowest BCUT2D eigenvalue weighted by molar-refractivity contribution is -0.384. The number of nitro benzene ring substituents is 1. The van der Waals surface area contributed by atoms with E-state index >= 15 is 0 Å². The number of anilines is 2. The molecule has 1 amide bonds. The maximum absolute atomic E-state index is 12.8. The van der Waals surface area contributed by atoms with Crippen LogP contribution in [0, 0.1) is 17.0 Å². The Bertz CT molecular complexity index is 1210. The van der Waals surface area contributed by atoms with Crippen molar-refractivity contribution in [1.82, 2.24) is 0 Å². The van der Waals surface area contributed by atoms with E-state index in [2.05, 4.69) is 5.32 Å². The molecule has 0 radical (unpaired) electrons. The van der Waals surface area contributed by atoms with Gasteiger partial charge in [-0.2, -0.15) is 0 Å². The van der Waals surface area contributed by atoms with Crippen LogP contribution in [-0.4, -0.2) is 26.3 Å². The van der Waals surface area contributed by atoms with Crippen molar-refractivity contribution in [3.8, 4) is 0 Å². The number of nitrogens with zero attached hydrogens (tertiary/aromatic N) is 2. The van der Waals surface area contributed by atoms with Crippen molar-refractivity contribution in [2.24, 2.45) is 0 Å². The highest BCUT2D eigenvalue weighted by Gasteiger charge is 2.21. The molecule has 3 rings (SSSR count). The van der Waals surface area contributed by atoms with E-state index in [4.69, 9.17) is 0 Å². The molecule has 3 aromatic rings. The van der Waals surface area contributed by atoms with Gasteiger partial charge in [-0.05, 0) is 42.8 Å². The van der Waals surface area contributed by atoms with Gasteiger partial charge in [0.1, 0.15) is 0 Å². The summed E-state index contributed by atoms with van der Waals surface area (Å²) in [6.07, 6.45) is 0.0391. The van der Waals surface area contributed by atoms with Crippen LogP contribution in [0.3, 0.4) is 0 Å². The normalized spacial score (nSPS) is 11.0. The number of sulfonamides is 1. The molecule has 9 heteroatoms. The zero-order chi connectivity index (χ0) is 22.6. The number of nitro groups is 1. The van der Waals surface area contributed by atoms with Gasteiger partial charge in [-0.1, -0.05) is 35.9 Å². The Hall–Kier alpha value is -3.72. The zero-order valence-corrected chi connectivity index (χ0v) is 17.8. The highest BCUT2D eigenvalue weighted by Crippen LogP contribution is 2.23. The number of carbonyl (C=O) groups excluding carboxylic acids is 1. The summed E-state index contributed by atoms with van der Waals surface area (Å²) in [6, 6.07) is 18.9. The van der Waals surface area contributed by atoms with Crippen molar-refractivity contribution >= 4 is 33.0 Å². The molecule has 0 spiro atoms. The minimum absolute atomic E-state index is 0.0391. The molecule has 0 saturated carbocycles. The lowest BCUT2D eigenvalue weighted by Crippen LogP contribution is -2.26. The van der Waals surface area contributed by atoms with E-state index in [1.807, 2.05) is 6.92 Å². The average molecular weight is 439 g/mol. The van der Waals surface area contributed by atoms with Crippen LogP contribution in [0.1, 0.15) is 11.1 Å². The average Bonchev–Trinajstić information content (AvgIpc) is 2.74. The molecule has 8 nitrogen and oxygen atoms in total. The van der Waals surface area contributed by atoms with Crippen molar-refractivity contribution in [2.75, 3.05) is 16.7 Å². The molecule has 0 aliphatic heterocycles. The monoisotopic (exact) mass is 439 g/mol. The third-order valence-corrected chi connectivity index (χ3v) is 6.48. The number of aryl methyl sites for hydroxylation is 1. The van der Waals surface area contributed by atoms with Gasteiger partial charge in [0.05, 0.1) is 21.9 Å². The topological polar surface area (TPSA) is 110 Å². The molecule has 0 atom stereocenters. The molecule has 0 saturated heterocycles. The lowest BCUT2D eigenvalue weighted by atomic mass is 10.1. The van der Waals surface area contributed by atoms with Gasteiger partial charge in [0.2, 0.25) is 5.91 Å². The largest absolute Gasteiger partial charge is 0.326 e. The number of non-ortho nitro benzene ring substituents is 1. The fraction of sp³-hybridized carbons (Fsp3) is 0.136. The molecule has 0 bridgehead atoms. The molecule has 0 unspecified atom stereocenters.